The standard InChI is InChI=1S/C16H19N3/c1-12(18-10-13-6-8-17-9-7-13)15-11-19-16-5-3-2-4-14(15)16/h2-5,10-11,17-19H,1,6-9H2. The second-order valence-electron chi connectivity index (χ2n) is 4.92. The average Bonchev–Trinajstić information content (AvgIpc) is 2.90. The number of hydrogen-bond donors (Lipinski definition) is 3. The molecule has 0 radical (unpaired) electrons. The van der Waals surface area contributed by atoms with Crippen LogP contribution in [0.15, 0.2) is 48.8 Å². The number of H-pyrrole nitrogens is 1. The first-order valence-electron chi connectivity index (χ1n) is 6.75. The maximum absolute atomic E-state index is 4.14. The number of nitrogens with one attached hydrogen (secondary N) is 3. The Hall–Kier alpha value is -2.00. The van der Waals surface area contributed by atoms with E-state index in [0.717, 1.165) is 42.7 Å². The number of piperidine rings is 1. The Morgan fingerprint density at radius 3 is 2.84 bits per heavy atom. The maximum Gasteiger partial charge on any atom is 0.0460 e. The van der Waals surface area contributed by atoms with Crippen molar-refractivity contribution in [2.45, 2.75) is 12.8 Å². The van der Waals surface area contributed by atoms with Gasteiger partial charge in [0.25, 0.3) is 0 Å². The van der Waals surface area contributed by atoms with Crippen LogP contribution in [0.25, 0.3) is 16.6 Å². The predicted molar refractivity (Wildman–Crippen MR) is 80.7 cm³/mol. The third kappa shape index (κ3) is 2.56. The minimum absolute atomic E-state index is 0.948. The van der Waals surface area contributed by atoms with Crippen LogP contribution in [0.2, 0.25) is 0 Å². The second kappa shape index (κ2) is 5.33. The van der Waals surface area contributed by atoms with E-state index in [2.05, 4.69) is 46.6 Å². The molecule has 0 atom stereocenters. The molecule has 19 heavy (non-hydrogen) atoms. The molecule has 3 N–H and O–H groups in total. The van der Waals surface area contributed by atoms with E-state index < -0.39 is 0 Å². The summed E-state index contributed by atoms with van der Waals surface area (Å²) in [5.74, 6) is 0. The van der Waals surface area contributed by atoms with Crippen LogP contribution in [0, 0.1) is 0 Å². The highest BCUT2D eigenvalue weighted by Crippen LogP contribution is 2.22. The lowest BCUT2D eigenvalue weighted by Crippen LogP contribution is -2.23. The lowest BCUT2D eigenvalue weighted by Gasteiger charge is -2.15. The Morgan fingerprint density at radius 2 is 2.00 bits per heavy atom. The molecule has 98 valence electrons. The van der Waals surface area contributed by atoms with Crippen molar-refractivity contribution in [2.75, 3.05) is 13.1 Å². The molecule has 1 fully saturated rings. The van der Waals surface area contributed by atoms with Crippen LogP contribution in [0.5, 0.6) is 0 Å². The molecule has 0 aliphatic carbocycles. The molecule has 0 bridgehead atoms. The lowest BCUT2D eigenvalue weighted by atomic mass is 10.1. The van der Waals surface area contributed by atoms with Gasteiger partial charge in [-0.15, -0.1) is 0 Å². The van der Waals surface area contributed by atoms with Crippen molar-refractivity contribution in [3.63, 3.8) is 0 Å². The zero-order chi connectivity index (χ0) is 13.1. The van der Waals surface area contributed by atoms with E-state index in [4.69, 9.17) is 0 Å². The van der Waals surface area contributed by atoms with E-state index in [-0.39, 0.29) is 0 Å². The summed E-state index contributed by atoms with van der Waals surface area (Å²) in [5.41, 5.74) is 4.69. The van der Waals surface area contributed by atoms with Crippen molar-refractivity contribution in [2.24, 2.45) is 0 Å². The monoisotopic (exact) mass is 253 g/mol. The molecule has 0 spiro atoms. The van der Waals surface area contributed by atoms with Gasteiger partial charge in [0.1, 0.15) is 0 Å². The van der Waals surface area contributed by atoms with Gasteiger partial charge in [-0.2, -0.15) is 0 Å². The SMILES string of the molecule is C=C(NC=C1CCNCC1)c1c[nH]c2ccccc12. The van der Waals surface area contributed by atoms with Gasteiger partial charge in [0.15, 0.2) is 0 Å². The van der Waals surface area contributed by atoms with Crippen LogP contribution >= 0.6 is 0 Å². The molecule has 1 aromatic heterocycles. The highest BCUT2D eigenvalue weighted by molar-refractivity contribution is 5.91. The largest absolute Gasteiger partial charge is 0.362 e. The highest BCUT2D eigenvalue weighted by Gasteiger charge is 2.07. The van der Waals surface area contributed by atoms with Crippen LogP contribution in [0.3, 0.4) is 0 Å². The van der Waals surface area contributed by atoms with E-state index in [9.17, 15) is 0 Å². The molecule has 0 unspecified atom stereocenters. The third-order valence-electron chi connectivity index (χ3n) is 3.61. The topological polar surface area (TPSA) is 39.8 Å². The van der Waals surface area contributed by atoms with Crippen LogP contribution in [0.4, 0.5) is 0 Å². The van der Waals surface area contributed by atoms with Gasteiger partial charge in [-0.3, -0.25) is 0 Å². The van der Waals surface area contributed by atoms with Gasteiger partial charge < -0.3 is 15.6 Å². The van der Waals surface area contributed by atoms with Gasteiger partial charge in [-0.1, -0.05) is 30.4 Å². The molecule has 1 aliphatic heterocycles. The van der Waals surface area contributed by atoms with Gasteiger partial charge in [-0.25, -0.2) is 0 Å². The van der Waals surface area contributed by atoms with E-state index >= 15 is 0 Å². The summed E-state index contributed by atoms with van der Waals surface area (Å²) in [5, 5.41) is 7.91. The second-order valence-corrected chi connectivity index (χ2v) is 4.92. The average molecular weight is 253 g/mol. The van der Waals surface area contributed by atoms with Gasteiger partial charge in [-0.05, 0) is 32.0 Å². The minimum Gasteiger partial charge on any atom is -0.362 e. The van der Waals surface area contributed by atoms with Crippen LogP contribution in [-0.2, 0) is 0 Å². The van der Waals surface area contributed by atoms with Gasteiger partial charge in [0, 0.05) is 34.6 Å². The molecule has 3 heteroatoms. The molecule has 2 heterocycles. The van der Waals surface area contributed by atoms with Crippen molar-refractivity contribution in [1.29, 1.82) is 0 Å². The minimum atomic E-state index is 0.948. The smallest absolute Gasteiger partial charge is 0.0460 e. The molecule has 0 saturated carbocycles. The number of aromatic nitrogens is 1. The van der Waals surface area contributed by atoms with Crippen molar-refractivity contribution < 1.29 is 0 Å². The number of para-hydroxylation sites is 1. The molecule has 3 rings (SSSR count). The molecule has 1 saturated heterocycles. The number of rotatable bonds is 3. The fourth-order valence-electron chi connectivity index (χ4n) is 2.48. The number of aromatic amines is 1. The summed E-state index contributed by atoms with van der Waals surface area (Å²) >= 11 is 0. The molecule has 1 aliphatic rings. The summed E-state index contributed by atoms with van der Waals surface area (Å²) in [6.07, 6.45) is 6.37. The fraction of sp³-hybridized carbons (Fsp3) is 0.250. The van der Waals surface area contributed by atoms with Gasteiger partial charge >= 0.3 is 0 Å². The van der Waals surface area contributed by atoms with Crippen LogP contribution in [-0.4, -0.2) is 18.1 Å². The molecule has 0 amide bonds. The first kappa shape index (κ1) is 12.1. The number of fused-ring (bicyclic) bond motifs is 1. The van der Waals surface area contributed by atoms with Gasteiger partial charge in [0.2, 0.25) is 0 Å². The zero-order valence-corrected chi connectivity index (χ0v) is 11.0. The Balaban J connectivity index is 1.76. The summed E-state index contributed by atoms with van der Waals surface area (Å²) in [6.45, 7) is 6.29. The predicted octanol–water partition coefficient (Wildman–Crippen LogP) is 3.00. The quantitative estimate of drug-likeness (QED) is 0.787. The van der Waals surface area contributed by atoms with E-state index in [1.807, 2.05) is 12.3 Å². The van der Waals surface area contributed by atoms with Gasteiger partial charge in [0.05, 0.1) is 0 Å². The molecular weight excluding hydrogens is 234 g/mol. The van der Waals surface area contributed by atoms with Crippen LogP contribution in [0.1, 0.15) is 18.4 Å². The van der Waals surface area contributed by atoms with Crippen molar-refractivity contribution in [3.8, 4) is 0 Å². The first-order valence-corrected chi connectivity index (χ1v) is 6.75. The Morgan fingerprint density at radius 1 is 1.21 bits per heavy atom. The number of hydrogen-bond acceptors (Lipinski definition) is 2. The maximum atomic E-state index is 4.14. The van der Waals surface area contributed by atoms with E-state index in [0.29, 0.717) is 0 Å². The Labute approximate surface area is 113 Å². The Kier molecular flexibility index (Phi) is 3.38. The van der Waals surface area contributed by atoms with Crippen molar-refractivity contribution in [1.82, 2.24) is 15.6 Å². The number of benzene rings is 1. The normalized spacial score (nSPS) is 15.5. The fourth-order valence-corrected chi connectivity index (χ4v) is 2.48. The summed E-state index contributed by atoms with van der Waals surface area (Å²) in [6, 6.07) is 8.29. The molecule has 1 aromatic carbocycles. The van der Waals surface area contributed by atoms with E-state index in [1.54, 1.807) is 0 Å². The molecule has 2 aromatic rings. The highest BCUT2D eigenvalue weighted by atomic mass is 14.9. The Bertz CT molecular complexity index is 614. The van der Waals surface area contributed by atoms with E-state index in [1.165, 1.54) is 11.0 Å². The zero-order valence-electron chi connectivity index (χ0n) is 11.0. The summed E-state index contributed by atoms with van der Waals surface area (Å²) in [7, 11) is 0. The molecular formula is C16H19N3. The summed E-state index contributed by atoms with van der Waals surface area (Å²) < 4.78 is 0. The summed E-state index contributed by atoms with van der Waals surface area (Å²) in [4.78, 5) is 3.28. The third-order valence-corrected chi connectivity index (χ3v) is 3.61. The first-order chi connectivity index (χ1) is 9.34. The lowest BCUT2D eigenvalue weighted by molar-refractivity contribution is 0.607. The van der Waals surface area contributed by atoms with Crippen molar-refractivity contribution >= 4 is 16.6 Å². The van der Waals surface area contributed by atoms with Crippen molar-refractivity contribution in [3.05, 3.63) is 54.4 Å². The molecule has 3 nitrogen and oxygen atoms in total. The van der Waals surface area contributed by atoms with Crippen LogP contribution < -0.4 is 10.6 Å².